The monoisotopic (exact) mass is 276 g/mol. The lowest BCUT2D eigenvalue weighted by atomic mass is 9.95. The summed E-state index contributed by atoms with van der Waals surface area (Å²) in [7, 11) is 0. The van der Waals surface area contributed by atoms with Crippen molar-refractivity contribution in [3.05, 3.63) is 57.5 Å². The molecule has 0 aliphatic carbocycles. The number of thiophene rings is 1. The molecule has 0 N–H and O–H groups in total. The van der Waals surface area contributed by atoms with Crippen molar-refractivity contribution in [2.45, 2.75) is 32.6 Å². The lowest BCUT2D eigenvalue weighted by molar-refractivity contribution is 0.0997. The van der Waals surface area contributed by atoms with Crippen LogP contribution in [0.25, 0.3) is 0 Å². The fraction of sp³-hybridized carbons (Fsp3) is 0.312. The van der Waals surface area contributed by atoms with Gasteiger partial charge in [-0.2, -0.15) is 0 Å². The first-order valence-electron chi connectivity index (χ1n) is 6.24. The quantitative estimate of drug-likeness (QED) is 0.748. The molecule has 0 aliphatic heterocycles. The van der Waals surface area contributed by atoms with Gasteiger partial charge in [-0.1, -0.05) is 32.9 Å². The summed E-state index contributed by atoms with van der Waals surface area (Å²) in [6.45, 7) is 6.40. The van der Waals surface area contributed by atoms with Gasteiger partial charge in [-0.25, -0.2) is 4.39 Å². The fourth-order valence-corrected chi connectivity index (χ4v) is 2.77. The number of benzene rings is 1. The Labute approximate surface area is 117 Å². The van der Waals surface area contributed by atoms with Crippen LogP contribution < -0.4 is 0 Å². The van der Waals surface area contributed by atoms with E-state index >= 15 is 0 Å². The first-order chi connectivity index (χ1) is 8.86. The van der Waals surface area contributed by atoms with Gasteiger partial charge in [0.2, 0.25) is 0 Å². The highest BCUT2D eigenvalue weighted by atomic mass is 32.1. The molecule has 1 aromatic carbocycles. The molecule has 0 amide bonds. The molecule has 19 heavy (non-hydrogen) atoms. The molecule has 0 unspecified atom stereocenters. The first-order valence-corrected chi connectivity index (χ1v) is 7.06. The normalized spacial score (nSPS) is 11.6. The Morgan fingerprint density at radius 2 is 1.74 bits per heavy atom. The standard InChI is InChI=1S/C16H17FOS/c1-16(2,3)15-9-8-14(19-15)13(18)10-11-4-6-12(17)7-5-11/h4-9H,10H2,1-3H3. The maximum atomic E-state index is 12.8. The van der Waals surface area contributed by atoms with Crippen molar-refractivity contribution >= 4 is 17.1 Å². The van der Waals surface area contributed by atoms with Crippen molar-refractivity contribution in [2.24, 2.45) is 0 Å². The van der Waals surface area contributed by atoms with E-state index in [0.29, 0.717) is 6.42 Å². The second-order valence-corrected chi connectivity index (χ2v) is 6.72. The van der Waals surface area contributed by atoms with E-state index < -0.39 is 0 Å². The van der Waals surface area contributed by atoms with Gasteiger partial charge in [0.1, 0.15) is 5.82 Å². The lowest BCUT2D eigenvalue weighted by Gasteiger charge is -2.15. The molecule has 1 heterocycles. The van der Waals surface area contributed by atoms with Gasteiger partial charge in [0.25, 0.3) is 0 Å². The van der Waals surface area contributed by atoms with E-state index in [1.54, 1.807) is 23.5 Å². The Kier molecular flexibility index (Phi) is 3.85. The predicted molar refractivity (Wildman–Crippen MR) is 77.5 cm³/mol. The minimum Gasteiger partial charge on any atom is -0.293 e. The Hall–Kier alpha value is -1.48. The molecule has 1 nitrogen and oxygen atoms in total. The molecule has 0 saturated heterocycles. The van der Waals surface area contributed by atoms with E-state index in [0.717, 1.165) is 10.4 Å². The topological polar surface area (TPSA) is 17.1 Å². The number of halogens is 1. The summed E-state index contributed by atoms with van der Waals surface area (Å²) in [5.41, 5.74) is 0.913. The van der Waals surface area contributed by atoms with E-state index in [9.17, 15) is 9.18 Å². The van der Waals surface area contributed by atoms with E-state index in [4.69, 9.17) is 0 Å². The molecule has 100 valence electrons. The number of rotatable bonds is 3. The van der Waals surface area contributed by atoms with Crippen molar-refractivity contribution in [1.82, 2.24) is 0 Å². The Balaban J connectivity index is 2.12. The van der Waals surface area contributed by atoms with Crippen LogP contribution in [-0.4, -0.2) is 5.78 Å². The molecule has 0 saturated carbocycles. The van der Waals surface area contributed by atoms with Crippen LogP contribution in [0.1, 0.15) is 40.9 Å². The summed E-state index contributed by atoms with van der Waals surface area (Å²) in [6, 6.07) is 9.99. The average Bonchev–Trinajstić information content (AvgIpc) is 2.81. The third kappa shape index (κ3) is 3.51. The van der Waals surface area contributed by atoms with Crippen LogP contribution >= 0.6 is 11.3 Å². The maximum absolute atomic E-state index is 12.8. The smallest absolute Gasteiger partial charge is 0.177 e. The Bertz CT molecular complexity index is 576. The van der Waals surface area contributed by atoms with Crippen LogP contribution in [-0.2, 0) is 11.8 Å². The third-order valence-electron chi connectivity index (χ3n) is 2.90. The van der Waals surface area contributed by atoms with Crippen molar-refractivity contribution in [3.8, 4) is 0 Å². The third-order valence-corrected chi connectivity index (χ3v) is 4.45. The van der Waals surface area contributed by atoms with Crippen molar-refractivity contribution in [3.63, 3.8) is 0 Å². The summed E-state index contributed by atoms with van der Waals surface area (Å²) in [5, 5.41) is 0. The summed E-state index contributed by atoms with van der Waals surface area (Å²) >= 11 is 1.55. The highest BCUT2D eigenvalue weighted by molar-refractivity contribution is 7.14. The fourth-order valence-electron chi connectivity index (χ4n) is 1.77. The zero-order chi connectivity index (χ0) is 14.0. The van der Waals surface area contributed by atoms with Gasteiger partial charge in [-0.15, -0.1) is 11.3 Å². The number of hydrogen-bond acceptors (Lipinski definition) is 2. The molecule has 0 bridgehead atoms. The molecule has 0 spiro atoms. The highest BCUT2D eigenvalue weighted by Gasteiger charge is 2.18. The van der Waals surface area contributed by atoms with Crippen LogP contribution in [0.4, 0.5) is 4.39 Å². The first kappa shape index (κ1) is 13.9. The molecule has 1 aromatic heterocycles. The summed E-state index contributed by atoms with van der Waals surface area (Å²) in [5.74, 6) is -0.186. The number of carbonyl (C=O) groups excluding carboxylic acids is 1. The molecule has 0 atom stereocenters. The molecule has 2 rings (SSSR count). The average molecular weight is 276 g/mol. The second kappa shape index (κ2) is 5.25. The Morgan fingerprint density at radius 1 is 1.11 bits per heavy atom. The molecule has 2 aromatic rings. The van der Waals surface area contributed by atoms with Crippen LogP contribution in [0.2, 0.25) is 0 Å². The maximum Gasteiger partial charge on any atom is 0.177 e. The van der Waals surface area contributed by atoms with E-state index in [2.05, 4.69) is 20.8 Å². The number of Topliss-reactive ketones (excluding diaryl/α,β-unsaturated/α-hetero) is 1. The van der Waals surface area contributed by atoms with Gasteiger partial charge in [0.05, 0.1) is 4.88 Å². The van der Waals surface area contributed by atoms with Crippen LogP contribution in [0.15, 0.2) is 36.4 Å². The van der Waals surface area contributed by atoms with Crippen LogP contribution in [0, 0.1) is 5.82 Å². The minimum atomic E-state index is -0.276. The molecule has 0 fully saturated rings. The molecule has 0 radical (unpaired) electrons. The molecule has 0 aliphatic rings. The van der Waals surface area contributed by atoms with Gasteiger partial charge < -0.3 is 0 Å². The van der Waals surface area contributed by atoms with Gasteiger partial charge in [0.15, 0.2) is 5.78 Å². The van der Waals surface area contributed by atoms with Crippen molar-refractivity contribution < 1.29 is 9.18 Å². The molecule has 3 heteroatoms. The van der Waals surface area contributed by atoms with E-state index in [-0.39, 0.29) is 17.0 Å². The molecular formula is C16H17FOS. The number of ketones is 1. The van der Waals surface area contributed by atoms with Gasteiger partial charge >= 0.3 is 0 Å². The van der Waals surface area contributed by atoms with Crippen molar-refractivity contribution in [2.75, 3.05) is 0 Å². The van der Waals surface area contributed by atoms with Gasteiger partial charge in [-0.05, 0) is 35.2 Å². The summed E-state index contributed by atoms with van der Waals surface area (Å²) in [6.07, 6.45) is 0.324. The number of hydrogen-bond donors (Lipinski definition) is 0. The minimum absolute atomic E-state index is 0.0685. The zero-order valence-electron chi connectivity index (χ0n) is 11.4. The Morgan fingerprint density at radius 3 is 2.26 bits per heavy atom. The second-order valence-electron chi connectivity index (χ2n) is 5.64. The van der Waals surface area contributed by atoms with Crippen LogP contribution in [0.5, 0.6) is 0 Å². The van der Waals surface area contributed by atoms with Gasteiger partial charge in [0, 0.05) is 11.3 Å². The molecular weight excluding hydrogens is 259 g/mol. The van der Waals surface area contributed by atoms with Crippen LogP contribution in [0.3, 0.4) is 0 Å². The zero-order valence-corrected chi connectivity index (χ0v) is 12.2. The van der Waals surface area contributed by atoms with Gasteiger partial charge in [-0.3, -0.25) is 4.79 Å². The summed E-state index contributed by atoms with van der Waals surface area (Å²) in [4.78, 5) is 14.1. The number of carbonyl (C=O) groups is 1. The largest absolute Gasteiger partial charge is 0.293 e. The predicted octanol–water partition coefficient (Wildman–Crippen LogP) is 4.61. The summed E-state index contributed by atoms with van der Waals surface area (Å²) < 4.78 is 12.8. The van der Waals surface area contributed by atoms with E-state index in [1.807, 2.05) is 12.1 Å². The van der Waals surface area contributed by atoms with Crippen molar-refractivity contribution in [1.29, 1.82) is 0 Å². The SMILES string of the molecule is CC(C)(C)c1ccc(C(=O)Cc2ccc(F)cc2)s1. The highest BCUT2D eigenvalue weighted by Crippen LogP contribution is 2.30. The van der Waals surface area contributed by atoms with E-state index in [1.165, 1.54) is 17.0 Å². The lowest BCUT2D eigenvalue weighted by Crippen LogP contribution is -2.08.